The van der Waals surface area contributed by atoms with Gasteiger partial charge in [0.1, 0.15) is 11.6 Å². The number of likely N-dealkylation sites (tertiary alicyclic amines) is 1. The van der Waals surface area contributed by atoms with Gasteiger partial charge in [-0.1, -0.05) is 23.7 Å². The van der Waals surface area contributed by atoms with Gasteiger partial charge in [-0.05, 0) is 31.9 Å². The van der Waals surface area contributed by atoms with E-state index >= 15 is 0 Å². The Morgan fingerprint density at radius 3 is 2.76 bits per heavy atom. The number of carbonyl (C=O) groups excluding carboxylic acids is 1. The molecule has 1 aliphatic heterocycles. The molecule has 2 heterocycles. The van der Waals surface area contributed by atoms with Crippen molar-refractivity contribution in [3.63, 3.8) is 0 Å². The number of nitrogens with zero attached hydrogens (tertiary/aromatic N) is 3. The van der Waals surface area contributed by atoms with E-state index in [2.05, 4.69) is 10.2 Å². The first-order valence-electron chi connectivity index (χ1n) is 8.40. The average Bonchev–Trinajstić information content (AvgIpc) is 3.01. The van der Waals surface area contributed by atoms with Gasteiger partial charge < -0.3 is 9.64 Å². The molecule has 0 atom stereocenters. The average molecular weight is 365 g/mol. The number of rotatable bonds is 5. The molecule has 134 valence electrons. The largest absolute Gasteiger partial charge is 0.482 e. The predicted octanol–water partition coefficient (Wildman–Crippen LogP) is 2.03. The van der Waals surface area contributed by atoms with Crippen molar-refractivity contribution in [1.29, 1.82) is 0 Å². The summed E-state index contributed by atoms with van der Waals surface area (Å²) in [4.78, 5) is 25.8. The van der Waals surface area contributed by atoms with Gasteiger partial charge in [-0.3, -0.25) is 9.36 Å². The molecule has 0 radical (unpaired) electrons. The van der Waals surface area contributed by atoms with Crippen LogP contribution in [0, 0.1) is 0 Å². The van der Waals surface area contributed by atoms with Crippen molar-refractivity contribution < 1.29 is 9.53 Å². The second-order valence-corrected chi connectivity index (χ2v) is 6.41. The number of halogens is 1. The number of ether oxygens (including phenoxy) is 1. The van der Waals surface area contributed by atoms with Crippen LogP contribution in [0.15, 0.2) is 29.1 Å². The van der Waals surface area contributed by atoms with Crippen molar-refractivity contribution in [1.82, 2.24) is 19.7 Å². The number of carbonyl (C=O) groups is 1. The van der Waals surface area contributed by atoms with E-state index in [4.69, 9.17) is 16.3 Å². The summed E-state index contributed by atoms with van der Waals surface area (Å²) >= 11 is 6.02. The quantitative estimate of drug-likeness (QED) is 0.880. The molecule has 1 saturated heterocycles. The lowest BCUT2D eigenvalue weighted by molar-refractivity contribution is -0.134. The van der Waals surface area contributed by atoms with Crippen molar-refractivity contribution in [2.24, 2.45) is 0 Å². The van der Waals surface area contributed by atoms with Gasteiger partial charge in [-0.25, -0.2) is 9.89 Å². The Morgan fingerprint density at radius 2 is 2.08 bits per heavy atom. The highest BCUT2D eigenvalue weighted by Gasteiger charge is 2.27. The molecule has 0 bridgehead atoms. The highest BCUT2D eigenvalue weighted by Crippen LogP contribution is 2.26. The molecule has 25 heavy (non-hydrogen) atoms. The summed E-state index contributed by atoms with van der Waals surface area (Å²) in [6, 6.07) is 7.09. The van der Waals surface area contributed by atoms with Gasteiger partial charge in [-0.2, -0.15) is 5.10 Å². The number of aromatic nitrogens is 3. The number of H-pyrrole nitrogens is 1. The van der Waals surface area contributed by atoms with Gasteiger partial charge in [0.25, 0.3) is 5.91 Å². The minimum Gasteiger partial charge on any atom is -0.482 e. The van der Waals surface area contributed by atoms with Crippen LogP contribution in [0.4, 0.5) is 0 Å². The molecule has 3 rings (SSSR count). The second-order valence-electron chi connectivity index (χ2n) is 6.01. The zero-order valence-corrected chi connectivity index (χ0v) is 14.8. The van der Waals surface area contributed by atoms with E-state index in [1.165, 1.54) is 0 Å². The van der Waals surface area contributed by atoms with Crippen LogP contribution in [0.1, 0.15) is 31.5 Å². The number of aromatic amines is 1. The van der Waals surface area contributed by atoms with Crippen molar-refractivity contribution >= 4 is 17.5 Å². The summed E-state index contributed by atoms with van der Waals surface area (Å²) in [5, 5.41) is 7.15. The van der Waals surface area contributed by atoms with Gasteiger partial charge >= 0.3 is 5.69 Å². The number of hydrogen-bond acceptors (Lipinski definition) is 4. The number of hydrogen-bond donors (Lipinski definition) is 1. The summed E-state index contributed by atoms with van der Waals surface area (Å²) in [5.74, 6) is 1.42. The SMILES string of the molecule is CCn1c(C2CCN(C(=O)COc3ccccc3Cl)CC2)n[nH]c1=O. The molecule has 7 nitrogen and oxygen atoms in total. The molecule has 8 heteroatoms. The van der Waals surface area contributed by atoms with Crippen molar-refractivity contribution in [2.75, 3.05) is 19.7 Å². The van der Waals surface area contributed by atoms with Crippen molar-refractivity contribution in [3.8, 4) is 5.75 Å². The van der Waals surface area contributed by atoms with E-state index in [-0.39, 0.29) is 24.1 Å². The third kappa shape index (κ3) is 3.87. The molecule has 0 spiro atoms. The molecule has 1 aromatic carbocycles. The first-order valence-corrected chi connectivity index (χ1v) is 8.78. The van der Waals surface area contributed by atoms with Crippen LogP contribution in [0.25, 0.3) is 0 Å². The maximum absolute atomic E-state index is 12.3. The molecule has 0 saturated carbocycles. The lowest BCUT2D eigenvalue weighted by atomic mass is 9.96. The van der Waals surface area contributed by atoms with E-state index in [0.29, 0.717) is 30.4 Å². The van der Waals surface area contributed by atoms with E-state index in [9.17, 15) is 9.59 Å². The monoisotopic (exact) mass is 364 g/mol. The van der Waals surface area contributed by atoms with E-state index in [0.717, 1.165) is 18.7 Å². The smallest absolute Gasteiger partial charge is 0.343 e. The van der Waals surface area contributed by atoms with Gasteiger partial charge in [0.15, 0.2) is 6.61 Å². The fraction of sp³-hybridized carbons (Fsp3) is 0.471. The lowest BCUT2D eigenvalue weighted by Crippen LogP contribution is -2.41. The standard InChI is InChI=1S/C17H21ClN4O3/c1-2-22-16(19-20-17(22)24)12-7-9-21(10-8-12)15(23)11-25-14-6-4-3-5-13(14)18/h3-6,12H,2,7-11H2,1H3,(H,20,24). The van der Waals surface area contributed by atoms with Crippen LogP contribution in [0.5, 0.6) is 5.75 Å². The number of amides is 1. The summed E-state index contributed by atoms with van der Waals surface area (Å²) in [6.07, 6.45) is 1.56. The van der Waals surface area contributed by atoms with E-state index in [1.807, 2.05) is 19.1 Å². The lowest BCUT2D eigenvalue weighted by Gasteiger charge is -2.31. The summed E-state index contributed by atoms with van der Waals surface area (Å²) in [5.41, 5.74) is -0.177. The van der Waals surface area contributed by atoms with Gasteiger partial charge in [0.2, 0.25) is 0 Å². The number of nitrogens with one attached hydrogen (secondary N) is 1. The third-order valence-corrected chi connectivity index (χ3v) is 4.82. The third-order valence-electron chi connectivity index (χ3n) is 4.50. The minimum absolute atomic E-state index is 0.0313. The van der Waals surface area contributed by atoms with Crippen LogP contribution < -0.4 is 10.4 Å². The first-order chi connectivity index (χ1) is 12.1. The molecule has 1 N–H and O–H groups in total. The fourth-order valence-electron chi connectivity index (χ4n) is 3.13. The maximum Gasteiger partial charge on any atom is 0.343 e. The van der Waals surface area contributed by atoms with Crippen LogP contribution in [-0.4, -0.2) is 45.3 Å². The van der Waals surface area contributed by atoms with E-state index in [1.54, 1.807) is 21.6 Å². The Hall–Kier alpha value is -2.28. The molecule has 0 unspecified atom stereocenters. The number of para-hydroxylation sites is 1. The molecule has 2 aromatic rings. The Balaban J connectivity index is 1.54. The first kappa shape index (κ1) is 17.5. The van der Waals surface area contributed by atoms with Crippen LogP contribution in [0.2, 0.25) is 5.02 Å². The van der Waals surface area contributed by atoms with Gasteiger partial charge in [0.05, 0.1) is 5.02 Å². The molecule has 1 aliphatic rings. The summed E-state index contributed by atoms with van der Waals surface area (Å²) in [6.45, 7) is 3.73. The molecule has 1 fully saturated rings. The van der Waals surface area contributed by atoms with Gasteiger partial charge in [0, 0.05) is 25.6 Å². The Morgan fingerprint density at radius 1 is 1.36 bits per heavy atom. The maximum atomic E-state index is 12.3. The molecule has 0 aliphatic carbocycles. The van der Waals surface area contributed by atoms with Gasteiger partial charge in [-0.15, -0.1) is 0 Å². The van der Waals surface area contributed by atoms with Crippen molar-refractivity contribution in [2.45, 2.75) is 32.2 Å². The summed E-state index contributed by atoms with van der Waals surface area (Å²) < 4.78 is 7.17. The number of piperidine rings is 1. The molecule has 1 amide bonds. The normalized spacial score (nSPS) is 15.4. The fourth-order valence-corrected chi connectivity index (χ4v) is 3.32. The second kappa shape index (κ2) is 7.74. The summed E-state index contributed by atoms with van der Waals surface area (Å²) in [7, 11) is 0. The highest BCUT2D eigenvalue weighted by atomic mass is 35.5. The Labute approximate surface area is 150 Å². The van der Waals surface area contributed by atoms with Crippen LogP contribution in [-0.2, 0) is 11.3 Å². The zero-order valence-electron chi connectivity index (χ0n) is 14.1. The molecule has 1 aromatic heterocycles. The Kier molecular flexibility index (Phi) is 5.43. The van der Waals surface area contributed by atoms with Crippen LogP contribution >= 0.6 is 11.6 Å². The van der Waals surface area contributed by atoms with Crippen molar-refractivity contribution in [3.05, 3.63) is 45.6 Å². The molecular weight excluding hydrogens is 344 g/mol. The number of benzene rings is 1. The molecular formula is C17H21ClN4O3. The highest BCUT2D eigenvalue weighted by molar-refractivity contribution is 6.32. The predicted molar refractivity (Wildman–Crippen MR) is 94.0 cm³/mol. The van der Waals surface area contributed by atoms with Crippen LogP contribution in [0.3, 0.4) is 0 Å². The topological polar surface area (TPSA) is 80.2 Å². The minimum atomic E-state index is -0.177. The van der Waals surface area contributed by atoms with E-state index < -0.39 is 0 Å². The Bertz CT molecular complexity index is 793. The zero-order chi connectivity index (χ0) is 17.8.